The normalized spacial score (nSPS) is 28.8. The lowest BCUT2D eigenvalue weighted by atomic mass is 9.95. The SMILES string of the molecule is CC(C)C[C@H](NC(=O)OCC1CC2C=CC1C2)C(=O)N[C@H](C=O)C[C@@H]1CCNC1=O. The molecule has 3 aliphatic rings. The highest BCUT2D eigenvalue weighted by Gasteiger charge is 2.36. The molecule has 2 aliphatic carbocycles. The van der Waals surface area contributed by atoms with E-state index in [1.165, 1.54) is 0 Å². The second-order valence-corrected chi connectivity index (χ2v) is 9.23. The lowest BCUT2D eigenvalue weighted by Gasteiger charge is -2.23. The first-order valence-electron chi connectivity index (χ1n) is 11.0. The molecule has 0 aromatic rings. The quantitative estimate of drug-likeness (QED) is 0.367. The van der Waals surface area contributed by atoms with E-state index in [1.54, 1.807) is 0 Å². The van der Waals surface area contributed by atoms with Gasteiger partial charge < -0.3 is 25.5 Å². The van der Waals surface area contributed by atoms with E-state index < -0.39 is 24.1 Å². The van der Waals surface area contributed by atoms with Crippen LogP contribution in [0.25, 0.3) is 0 Å². The van der Waals surface area contributed by atoms with Gasteiger partial charge in [-0.25, -0.2) is 4.79 Å². The Balaban J connectivity index is 1.49. The van der Waals surface area contributed by atoms with Crippen molar-refractivity contribution in [2.75, 3.05) is 13.2 Å². The zero-order chi connectivity index (χ0) is 21.7. The van der Waals surface area contributed by atoms with Gasteiger partial charge in [0.05, 0.1) is 12.6 Å². The van der Waals surface area contributed by atoms with E-state index in [2.05, 4.69) is 28.1 Å². The predicted molar refractivity (Wildman–Crippen MR) is 110 cm³/mol. The maximum Gasteiger partial charge on any atom is 0.407 e. The van der Waals surface area contributed by atoms with Crippen LogP contribution in [-0.2, 0) is 19.1 Å². The molecular weight excluding hydrogens is 386 g/mol. The van der Waals surface area contributed by atoms with Crippen LogP contribution in [0.4, 0.5) is 4.79 Å². The Labute approximate surface area is 177 Å². The zero-order valence-corrected chi connectivity index (χ0v) is 17.8. The van der Waals surface area contributed by atoms with Gasteiger partial charge in [0.15, 0.2) is 0 Å². The molecule has 1 heterocycles. The maximum atomic E-state index is 12.8. The molecule has 3 N–H and O–H groups in total. The Kier molecular flexibility index (Phi) is 7.50. The summed E-state index contributed by atoms with van der Waals surface area (Å²) < 4.78 is 5.41. The molecule has 3 unspecified atom stereocenters. The van der Waals surface area contributed by atoms with Crippen molar-refractivity contribution in [1.82, 2.24) is 16.0 Å². The minimum atomic E-state index is -0.794. The van der Waals surface area contributed by atoms with Crippen molar-refractivity contribution >= 4 is 24.2 Å². The number of allylic oxidation sites excluding steroid dienone is 2. The van der Waals surface area contributed by atoms with Gasteiger partial charge in [-0.15, -0.1) is 0 Å². The number of hydrogen-bond acceptors (Lipinski definition) is 5. The molecule has 166 valence electrons. The highest BCUT2D eigenvalue weighted by molar-refractivity contribution is 5.88. The molecule has 1 aliphatic heterocycles. The summed E-state index contributed by atoms with van der Waals surface area (Å²) in [5.74, 6) is 0.794. The molecule has 8 nitrogen and oxygen atoms in total. The van der Waals surface area contributed by atoms with Gasteiger partial charge >= 0.3 is 6.09 Å². The minimum Gasteiger partial charge on any atom is -0.449 e. The molecule has 8 heteroatoms. The highest BCUT2D eigenvalue weighted by Crippen LogP contribution is 2.43. The number of alkyl carbamates (subject to hydrolysis) is 1. The second kappa shape index (κ2) is 10.1. The van der Waals surface area contributed by atoms with Crippen LogP contribution < -0.4 is 16.0 Å². The summed E-state index contributed by atoms with van der Waals surface area (Å²) in [5.41, 5.74) is 0. The average Bonchev–Trinajstić information content (AvgIpc) is 3.42. The molecule has 0 spiro atoms. The van der Waals surface area contributed by atoms with Crippen LogP contribution in [0.5, 0.6) is 0 Å². The molecule has 3 rings (SSSR count). The van der Waals surface area contributed by atoms with Crippen LogP contribution >= 0.6 is 0 Å². The molecular formula is C22H33N3O5. The number of carbonyl (C=O) groups excluding carboxylic acids is 4. The summed E-state index contributed by atoms with van der Waals surface area (Å²) in [6.07, 6.45) is 8.00. The Bertz CT molecular complexity index is 692. The third kappa shape index (κ3) is 5.83. The lowest BCUT2D eigenvalue weighted by molar-refractivity contribution is -0.127. The molecule has 0 radical (unpaired) electrons. The van der Waals surface area contributed by atoms with Crippen LogP contribution in [-0.4, -0.2) is 49.4 Å². The molecule has 0 aromatic carbocycles. The number of rotatable bonds is 10. The van der Waals surface area contributed by atoms with Crippen molar-refractivity contribution in [3.63, 3.8) is 0 Å². The second-order valence-electron chi connectivity index (χ2n) is 9.23. The van der Waals surface area contributed by atoms with E-state index >= 15 is 0 Å². The number of aldehydes is 1. The van der Waals surface area contributed by atoms with Gasteiger partial charge in [0.1, 0.15) is 12.3 Å². The van der Waals surface area contributed by atoms with Gasteiger partial charge in [0, 0.05) is 18.4 Å². The van der Waals surface area contributed by atoms with Crippen molar-refractivity contribution in [3.8, 4) is 0 Å². The average molecular weight is 420 g/mol. The first-order valence-corrected chi connectivity index (χ1v) is 11.0. The third-order valence-electron chi connectivity index (χ3n) is 6.35. The van der Waals surface area contributed by atoms with Crippen molar-refractivity contribution in [3.05, 3.63) is 12.2 Å². The van der Waals surface area contributed by atoms with Crippen molar-refractivity contribution in [2.45, 2.75) is 58.0 Å². The topological polar surface area (TPSA) is 114 Å². The Morgan fingerprint density at radius 2 is 2.07 bits per heavy atom. The minimum absolute atomic E-state index is 0.0907. The van der Waals surface area contributed by atoms with Crippen LogP contribution in [0, 0.1) is 29.6 Å². The molecule has 1 saturated carbocycles. The van der Waals surface area contributed by atoms with Gasteiger partial charge in [-0.1, -0.05) is 26.0 Å². The van der Waals surface area contributed by atoms with E-state index in [9.17, 15) is 19.2 Å². The number of amides is 3. The highest BCUT2D eigenvalue weighted by atomic mass is 16.5. The number of carbonyl (C=O) groups is 4. The fourth-order valence-corrected chi connectivity index (χ4v) is 4.76. The fourth-order valence-electron chi connectivity index (χ4n) is 4.76. The Morgan fingerprint density at radius 3 is 2.63 bits per heavy atom. The van der Waals surface area contributed by atoms with Crippen LogP contribution in [0.2, 0.25) is 0 Å². The van der Waals surface area contributed by atoms with Crippen LogP contribution in [0.1, 0.15) is 46.0 Å². The molecule has 2 fully saturated rings. The van der Waals surface area contributed by atoms with Gasteiger partial charge in [-0.3, -0.25) is 9.59 Å². The standard InChI is InChI=1S/C22H33N3O5/c1-13(2)7-19(21(28)24-18(11-26)10-16-5-6-23-20(16)27)25-22(29)30-12-17-9-14-3-4-15(17)8-14/h3-4,11,13-19H,5-10,12H2,1-2H3,(H,23,27)(H,24,28)(H,25,29)/t14?,15?,16-,17?,18-,19-/m0/s1. The van der Waals surface area contributed by atoms with Gasteiger partial charge in [-0.2, -0.15) is 0 Å². The molecule has 3 amide bonds. The largest absolute Gasteiger partial charge is 0.449 e. The van der Waals surface area contributed by atoms with E-state index in [1.807, 2.05) is 13.8 Å². The monoisotopic (exact) mass is 419 g/mol. The number of nitrogens with one attached hydrogen (secondary N) is 3. The molecule has 30 heavy (non-hydrogen) atoms. The lowest BCUT2D eigenvalue weighted by Crippen LogP contribution is -2.51. The van der Waals surface area contributed by atoms with Gasteiger partial charge in [0.2, 0.25) is 11.8 Å². The summed E-state index contributed by atoms with van der Waals surface area (Å²) in [6.45, 7) is 4.84. The predicted octanol–water partition coefficient (Wildman–Crippen LogP) is 1.55. The van der Waals surface area contributed by atoms with Crippen molar-refractivity contribution in [2.24, 2.45) is 29.6 Å². The van der Waals surface area contributed by atoms with E-state index in [0.29, 0.717) is 50.0 Å². The van der Waals surface area contributed by atoms with Crippen LogP contribution in [0.3, 0.4) is 0 Å². The van der Waals surface area contributed by atoms with Gasteiger partial charge in [-0.05, 0) is 49.9 Å². The third-order valence-corrected chi connectivity index (χ3v) is 6.35. The summed E-state index contributed by atoms with van der Waals surface area (Å²) in [6, 6.07) is -1.56. The summed E-state index contributed by atoms with van der Waals surface area (Å²) in [4.78, 5) is 48.3. The van der Waals surface area contributed by atoms with E-state index in [0.717, 1.165) is 12.8 Å². The van der Waals surface area contributed by atoms with E-state index in [-0.39, 0.29) is 24.2 Å². The smallest absolute Gasteiger partial charge is 0.407 e. The molecule has 2 bridgehead atoms. The van der Waals surface area contributed by atoms with Crippen molar-refractivity contribution in [1.29, 1.82) is 0 Å². The van der Waals surface area contributed by atoms with E-state index in [4.69, 9.17) is 4.74 Å². The molecule has 1 saturated heterocycles. The fraction of sp³-hybridized carbons (Fsp3) is 0.727. The van der Waals surface area contributed by atoms with Crippen LogP contribution in [0.15, 0.2) is 12.2 Å². The van der Waals surface area contributed by atoms with Gasteiger partial charge in [0.25, 0.3) is 0 Å². The Morgan fingerprint density at radius 1 is 1.27 bits per heavy atom. The first-order chi connectivity index (χ1) is 14.4. The number of hydrogen-bond donors (Lipinski definition) is 3. The zero-order valence-electron chi connectivity index (χ0n) is 17.8. The summed E-state index contributed by atoms with van der Waals surface area (Å²) in [5, 5.41) is 8.07. The maximum absolute atomic E-state index is 12.8. The number of fused-ring (bicyclic) bond motifs is 2. The number of ether oxygens (including phenoxy) is 1. The Hall–Kier alpha value is -2.38. The molecule has 6 atom stereocenters. The summed E-state index contributed by atoms with van der Waals surface area (Å²) in [7, 11) is 0. The molecule has 0 aromatic heterocycles. The summed E-state index contributed by atoms with van der Waals surface area (Å²) >= 11 is 0. The van der Waals surface area contributed by atoms with Crippen molar-refractivity contribution < 1.29 is 23.9 Å². The first kappa shape index (κ1) is 22.3.